The topological polar surface area (TPSA) is 34.4 Å². The number of ether oxygens (including phenoxy) is 1. The Labute approximate surface area is 128 Å². The molecule has 1 unspecified atom stereocenters. The summed E-state index contributed by atoms with van der Waals surface area (Å²) in [5, 5.41) is 3.45. The summed E-state index contributed by atoms with van der Waals surface area (Å²) >= 11 is 3.53. The zero-order valence-electron chi connectivity index (χ0n) is 11.9. The molecule has 1 atom stereocenters. The SMILES string of the molecule is CCCOc1cccc(C(NCC)c2occc2Br)c1. The van der Waals surface area contributed by atoms with Crippen molar-refractivity contribution in [1.82, 2.24) is 5.32 Å². The molecule has 0 bridgehead atoms. The number of nitrogens with one attached hydrogen (secondary N) is 1. The lowest BCUT2D eigenvalue weighted by molar-refractivity contribution is 0.316. The zero-order valence-corrected chi connectivity index (χ0v) is 13.4. The van der Waals surface area contributed by atoms with E-state index >= 15 is 0 Å². The van der Waals surface area contributed by atoms with Crippen LogP contribution in [0.1, 0.15) is 37.6 Å². The third-order valence-corrected chi connectivity index (χ3v) is 3.63. The van der Waals surface area contributed by atoms with E-state index in [-0.39, 0.29) is 6.04 Å². The summed E-state index contributed by atoms with van der Waals surface area (Å²) < 4.78 is 12.3. The second kappa shape index (κ2) is 7.50. The van der Waals surface area contributed by atoms with Crippen LogP contribution in [0.25, 0.3) is 0 Å². The molecule has 1 N–H and O–H groups in total. The van der Waals surface area contributed by atoms with Gasteiger partial charge in [0.1, 0.15) is 11.5 Å². The third kappa shape index (κ3) is 3.64. The monoisotopic (exact) mass is 337 g/mol. The van der Waals surface area contributed by atoms with Crippen molar-refractivity contribution in [1.29, 1.82) is 0 Å². The summed E-state index contributed by atoms with van der Waals surface area (Å²) in [7, 11) is 0. The molecule has 0 fully saturated rings. The standard InChI is InChI=1S/C16H20BrNO2/c1-3-9-19-13-7-5-6-12(11-13)15(18-4-2)16-14(17)8-10-20-16/h5-8,10-11,15,18H,3-4,9H2,1-2H3. The normalized spacial score (nSPS) is 12.3. The van der Waals surface area contributed by atoms with Crippen molar-refractivity contribution in [2.24, 2.45) is 0 Å². The van der Waals surface area contributed by atoms with E-state index in [9.17, 15) is 0 Å². The van der Waals surface area contributed by atoms with Crippen molar-refractivity contribution in [3.8, 4) is 5.75 Å². The molecule has 0 saturated heterocycles. The molecule has 0 amide bonds. The van der Waals surface area contributed by atoms with Crippen molar-refractivity contribution in [2.45, 2.75) is 26.3 Å². The van der Waals surface area contributed by atoms with Gasteiger partial charge in [-0.2, -0.15) is 0 Å². The second-order valence-corrected chi connectivity index (χ2v) is 5.40. The van der Waals surface area contributed by atoms with E-state index in [1.54, 1.807) is 6.26 Å². The van der Waals surface area contributed by atoms with Crippen LogP contribution in [0, 0.1) is 0 Å². The molecule has 3 nitrogen and oxygen atoms in total. The van der Waals surface area contributed by atoms with Gasteiger partial charge in [0.25, 0.3) is 0 Å². The number of hydrogen-bond donors (Lipinski definition) is 1. The first-order valence-corrected chi connectivity index (χ1v) is 7.74. The molecule has 4 heteroatoms. The fraction of sp³-hybridized carbons (Fsp3) is 0.375. The van der Waals surface area contributed by atoms with Crippen LogP contribution in [-0.2, 0) is 0 Å². The average Bonchev–Trinajstić information content (AvgIpc) is 2.89. The Hall–Kier alpha value is -1.26. The van der Waals surface area contributed by atoms with Crippen molar-refractivity contribution in [3.05, 3.63) is 52.4 Å². The number of benzene rings is 1. The summed E-state index contributed by atoms with van der Waals surface area (Å²) in [5.74, 6) is 1.79. The fourth-order valence-electron chi connectivity index (χ4n) is 2.08. The van der Waals surface area contributed by atoms with E-state index in [1.165, 1.54) is 0 Å². The van der Waals surface area contributed by atoms with Crippen LogP contribution in [0.4, 0.5) is 0 Å². The van der Waals surface area contributed by atoms with Crippen LogP contribution >= 0.6 is 15.9 Å². The van der Waals surface area contributed by atoms with E-state index in [4.69, 9.17) is 9.15 Å². The van der Waals surface area contributed by atoms with E-state index in [2.05, 4.69) is 47.2 Å². The molecule has 0 aliphatic carbocycles. The molecule has 1 heterocycles. The Morgan fingerprint density at radius 1 is 1.30 bits per heavy atom. The van der Waals surface area contributed by atoms with Crippen molar-refractivity contribution < 1.29 is 9.15 Å². The summed E-state index contributed by atoms with van der Waals surface area (Å²) in [6, 6.07) is 10.1. The average molecular weight is 338 g/mol. The van der Waals surface area contributed by atoms with Crippen LogP contribution < -0.4 is 10.1 Å². The Balaban J connectivity index is 2.27. The van der Waals surface area contributed by atoms with Crippen molar-refractivity contribution >= 4 is 15.9 Å². The molecule has 2 aromatic rings. The Morgan fingerprint density at radius 2 is 2.15 bits per heavy atom. The summed E-state index contributed by atoms with van der Waals surface area (Å²) in [5.41, 5.74) is 1.14. The molecule has 0 saturated carbocycles. The maximum absolute atomic E-state index is 5.70. The number of halogens is 1. The van der Waals surface area contributed by atoms with Crippen LogP contribution in [0.2, 0.25) is 0 Å². The van der Waals surface area contributed by atoms with Crippen molar-refractivity contribution in [3.63, 3.8) is 0 Å². The Morgan fingerprint density at radius 3 is 2.80 bits per heavy atom. The molecule has 108 valence electrons. The number of hydrogen-bond acceptors (Lipinski definition) is 3. The first-order chi connectivity index (χ1) is 9.76. The van der Waals surface area contributed by atoms with Gasteiger partial charge in [-0.25, -0.2) is 0 Å². The summed E-state index contributed by atoms with van der Waals surface area (Å²) in [6.45, 7) is 5.78. The van der Waals surface area contributed by atoms with Gasteiger partial charge in [-0.15, -0.1) is 0 Å². The Kier molecular flexibility index (Phi) is 5.68. The van der Waals surface area contributed by atoms with Gasteiger partial charge >= 0.3 is 0 Å². The minimum Gasteiger partial charge on any atom is -0.494 e. The molecule has 1 aromatic heterocycles. The van der Waals surface area contributed by atoms with Crippen LogP contribution in [0.3, 0.4) is 0 Å². The van der Waals surface area contributed by atoms with Gasteiger partial charge in [-0.05, 0) is 52.7 Å². The predicted octanol–water partition coefficient (Wildman–Crippen LogP) is 4.53. The highest BCUT2D eigenvalue weighted by molar-refractivity contribution is 9.10. The van der Waals surface area contributed by atoms with Gasteiger partial charge in [0.15, 0.2) is 0 Å². The summed E-state index contributed by atoms with van der Waals surface area (Å²) in [6.07, 6.45) is 2.70. The van der Waals surface area contributed by atoms with Crippen LogP contribution in [0.15, 0.2) is 45.5 Å². The van der Waals surface area contributed by atoms with Crippen LogP contribution in [-0.4, -0.2) is 13.2 Å². The highest BCUT2D eigenvalue weighted by atomic mass is 79.9. The lowest BCUT2D eigenvalue weighted by Crippen LogP contribution is -2.21. The lowest BCUT2D eigenvalue weighted by atomic mass is 10.0. The van der Waals surface area contributed by atoms with E-state index in [0.717, 1.165) is 41.1 Å². The van der Waals surface area contributed by atoms with Crippen LogP contribution in [0.5, 0.6) is 5.75 Å². The molecule has 20 heavy (non-hydrogen) atoms. The second-order valence-electron chi connectivity index (χ2n) is 4.54. The highest BCUT2D eigenvalue weighted by Gasteiger charge is 2.19. The predicted molar refractivity (Wildman–Crippen MR) is 84.2 cm³/mol. The fourth-order valence-corrected chi connectivity index (χ4v) is 2.51. The quantitative estimate of drug-likeness (QED) is 0.805. The summed E-state index contributed by atoms with van der Waals surface area (Å²) in [4.78, 5) is 0. The first kappa shape index (κ1) is 15.1. The lowest BCUT2D eigenvalue weighted by Gasteiger charge is -2.17. The molecular weight excluding hydrogens is 318 g/mol. The van der Waals surface area contributed by atoms with Gasteiger partial charge in [0.2, 0.25) is 0 Å². The van der Waals surface area contributed by atoms with Gasteiger partial charge in [0.05, 0.1) is 23.4 Å². The van der Waals surface area contributed by atoms with Gasteiger partial charge in [0, 0.05) is 0 Å². The minimum absolute atomic E-state index is 0.0227. The Bertz CT molecular complexity index is 539. The smallest absolute Gasteiger partial charge is 0.139 e. The van der Waals surface area contributed by atoms with E-state index in [1.807, 2.05) is 18.2 Å². The largest absolute Gasteiger partial charge is 0.494 e. The van der Waals surface area contributed by atoms with Crippen molar-refractivity contribution in [2.75, 3.05) is 13.2 Å². The number of furan rings is 1. The zero-order chi connectivity index (χ0) is 14.4. The number of rotatable bonds is 7. The van der Waals surface area contributed by atoms with E-state index < -0.39 is 0 Å². The maximum Gasteiger partial charge on any atom is 0.139 e. The minimum atomic E-state index is 0.0227. The van der Waals surface area contributed by atoms with Gasteiger partial charge < -0.3 is 14.5 Å². The molecule has 0 radical (unpaired) electrons. The highest BCUT2D eigenvalue weighted by Crippen LogP contribution is 2.31. The van der Waals surface area contributed by atoms with Gasteiger partial charge in [-0.1, -0.05) is 26.0 Å². The molecule has 0 aliphatic heterocycles. The molecule has 0 spiro atoms. The molecular formula is C16H20BrNO2. The third-order valence-electron chi connectivity index (χ3n) is 2.98. The molecule has 1 aromatic carbocycles. The van der Waals surface area contributed by atoms with E-state index in [0.29, 0.717) is 0 Å². The molecule has 0 aliphatic rings. The first-order valence-electron chi connectivity index (χ1n) is 6.95. The van der Waals surface area contributed by atoms with Gasteiger partial charge in [-0.3, -0.25) is 0 Å². The maximum atomic E-state index is 5.70. The molecule has 2 rings (SSSR count).